The van der Waals surface area contributed by atoms with Gasteiger partial charge in [0.25, 0.3) is 0 Å². The van der Waals surface area contributed by atoms with Gasteiger partial charge in [-0.25, -0.2) is 4.98 Å². The normalized spacial score (nSPS) is 10.8. The van der Waals surface area contributed by atoms with Gasteiger partial charge in [0.05, 0.1) is 18.1 Å². The zero-order valence-corrected chi connectivity index (χ0v) is 11.5. The van der Waals surface area contributed by atoms with Crippen molar-refractivity contribution in [1.29, 1.82) is 0 Å². The monoisotopic (exact) mass is 271 g/mol. The lowest BCUT2D eigenvalue weighted by molar-refractivity contribution is 0.415. The molecule has 0 atom stereocenters. The van der Waals surface area contributed by atoms with E-state index in [1.165, 1.54) is 0 Å². The molecule has 0 bridgehead atoms. The van der Waals surface area contributed by atoms with E-state index in [1.807, 2.05) is 43.5 Å². The van der Waals surface area contributed by atoms with Crippen LogP contribution in [0, 0.1) is 6.92 Å². The molecule has 19 heavy (non-hydrogen) atoms. The Morgan fingerprint density at radius 3 is 2.89 bits per heavy atom. The molecule has 4 nitrogen and oxygen atoms in total. The second kappa shape index (κ2) is 4.93. The molecule has 0 saturated heterocycles. The van der Waals surface area contributed by atoms with Gasteiger partial charge in [0.15, 0.2) is 5.16 Å². The van der Waals surface area contributed by atoms with Gasteiger partial charge < -0.3 is 9.72 Å². The molecule has 3 rings (SSSR count). The number of benzene rings is 1. The summed E-state index contributed by atoms with van der Waals surface area (Å²) < 4.78 is 5.20. The first-order chi connectivity index (χ1) is 9.24. The summed E-state index contributed by atoms with van der Waals surface area (Å²) in [6, 6.07) is 9.83. The van der Waals surface area contributed by atoms with Gasteiger partial charge in [0.2, 0.25) is 0 Å². The Labute approximate surface area is 115 Å². The number of methoxy groups -OCH3 is 1. The van der Waals surface area contributed by atoms with E-state index < -0.39 is 0 Å². The molecule has 0 aliphatic carbocycles. The molecule has 0 fully saturated rings. The summed E-state index contributed by atoms with van der Waals surface area (Å²) in [7, 11) is 1.66. The minimum Gasteiger partial charge on any atom is -0.497 e. The van der Waals surface area contributed by atoms with E-state index in [9.17, 15) is 0 Å². The SMILES string of the molecule is COc1ccc2nc(Sc3ccnc(C)c3)[nH]c2c1. The third kappa shape index (κ3) is 2.56. The number of nitrogens with one attached hydrogen (secondary N) is 1. The van der Waals surface area contributed by atoms with E-state index >= 15 is 0 Å². The standard InChI is InChI=1S/C14H13N3OS/c1-9-7-11(5-6-15-9)19-14-16-12-4-3-10(18-2)8-13(12)17-14/h3-8H,1-2H3,(H,16,17). The average molecular weight is 271 g/mol. The maximum Gasteiger partial charge on any atom is 0.171 e. The summed E-state index contributed by atoms with van der Waals surface area (Å²) in [5.74, 6) is 0.826. The number of ether oxygens (including phenoxy) is 1. The van der Waals surface area contributed by atoms with Crippen molar-refractivity contribution in [2.45, 2.75) is 17.0 Å². The van der Waals surface area contributed by atoms with Crippen LogP contribution in [0.15, 0.2) is 46.6 Å². The van der Waals surface area contributed by atoms with Gasteiger partial charge in [-0.3, -0.25) is 4.98 Å². The number of hydrogen-bond donors (Lipinski definition) is 1. The highest BCUT2D eigenvalue weighted by atomic mass is 32.2. The topological polar surface area (TPSA) is 50.8 Å². The summed E-state index contributed by atoms with van der Waals surface area (Å²) >= 11 is 1.59. The molecular formula is C14H13N3OS. The summed E-state index contributed by atoms with van der Waals surface area (Å²) in [4.78, 5) is 13.1. The summed E-state index contributed by atoms with van der Waals surface area (Å²) in [5, 5.41) is 0.869. The van der Waals surface area contributed by atoms with E-state index in [0.717, 1.165) is 32.5 Å². The molecule has 1 aromatic carbocycles. The Kier molecular flexibility index (Phi) is 3.13. The van der Waals surface area contributed by atoms with Crippen molar-refractivity contribution in [2.75, 3.05) is 7.11 Å². The van der Waals surface area contributed by atoms with Gasteiger partial charge >= 0.3 is 0 Å². The first-order valence-corrected chi connectivity index (χ1v) is 6.70. The summed E-state index contributed by atoms with van der Waals surface area (Å²) in [6.07, 6.45) is 1.81. The van der Waals surface area contributed by atoms with Gasteiger partial charge in [0, 0.05) is 22.9 Å². The first kappa shape index (κ1) is 12.0. The lowest BCUT2D eigenvalue weighted by Gasteiger charge is -1.98. The number of nitrogens with zero attached hydrogens (tertiary/aromatic N) is 2. The van der Waals surface area contributed by atoms with Crippen LogP contribution < -0.4 is 4.74 Å². The molecule has 0 saturated carbocycles. The molecule has 2 heterocycles. The Bertz CT molecular complexity index is 724. The summed E-state index contributed by atoms with van der Waals surface area (Å²) in [5.41, 5.74) is 2.92. The fourth-order valence-corrected chi connectivity index (χ4v) is 2.72. The fraction of sp³-hybridized carbons (Fsp3) is 0.143. The van der Waals surface area contributed by atoms with Gasteiger partial charge in [0.1, 0.15) is 5.75 Å². The predicted molar refractivity (Wildman–Crippen MR) is 75.7 cm³/mol. The average Bonchev–Trinajstić information content (AvgIpc) is 2.79. The molecule has 0 aliphatic rings. The van der Waals surface area contributed by atoms with E-state index in [0.29, 0.717) is 0 Å². The van der Waals surface area contributed by atoms with Crippen LogP contribution in [0.1, 0.15) is 5.69 Å². The Morgan fingerprint density at radius 1 is 1.21 bits per heavy atom. The number of hydrogen-bond acceptors (Lipinski definition) is 4. The van der Waals surface area contributed by atoms with Crippen LogP contribution in [0.5, 0.6) is 5.75 Å². The number of aromatic amines is 1. The molecule has 0 amide bonds. The lowest BCUT2D eigenvalue weighted by atomic mass is 10.3. The number of aromatic nitrogens is 3. The van der Waals surface area contributed by atoms with Gasteiger partial charge in [-0.05, 0) is 31.2 Å². The quantitative estimate of drug-likeness (QED) is 0.793. The molecule has 0 unspecified atom stereocenters. The molecular weight excluding hydrogens is 258 g/mol. The largest absolute Gasteiger partial charge is 0.497 e. The van der Waals surface area contributed by atoms with E-state index in [1.54, 1.807) is 18.9 Å². The van der Waals surface area contributed by atoms with E-state index in [4.69, 9.17) is 4.74 Å². The van der Waals surface area contributed by atoms with E-state index in [-0.39, 0.29) is 0 Å². The Hall–Kier alpha value is -2.01. The van der Waals surface area contributed by atoms with Crippen LogP contribution in [0.2, 0.25) is 0 Å². The van der Waals surface area contributed by atoms with Crippen LogP contribution in [0.4, 0.5) is 0 Å². The molecule has 0 spiro atoms. The smallest absolute Gasteiger partial charge is 0.171 e. The van der Waals surface area contributed by atoms with Gasteiger partial charge in [-0.15, -0.1) is 0 Å². The van der Waals surface area contributed by atoms with Crippen molar-refractivity contribution >= 4 is 22.8 Å². The maximum atomic E-state index is 5.20. The Morgan fingerprint density at radius 2 is 2.11 bits per heavy atom. The lowest BCUT2D eigenvalue weighted by Crippen LogP contribution is -1.81. The van der Waals surface area contributed by atoms with Crippen molar-refractivity contribution in [1.82, 2.24) is 15.0 Å². The molecule has 3 aromatic rings. The van der Waals surface area contributed by atoms with Crippen LogP contribution in [-0.2, 0) is 0 Å². The third-order valence-corrected chi connectivity index (χ3v) is 3.63. The van der Waals surface area contributed by atoms with Crippen LogP contribution >= 0.6 is 11.8 Å². The second-order valence-corrected chi connectivity index (χ2v) is 5.22. The fourth-order valence-electron chi connectivity index (χ4n) is 1.84. The van der Waals surface area contributed by atoms with Crippen LogP contribution in [-0.4, -0.2) is 22.1 Å². The number of rotatable bonds is 3. The minimum absolute atomic E-state index is 0.826. The van der Waals surface area contributed by atoms with Crippen molar-refractivity contribution in [3.8, 4) is 5.75 Å². The zero-order valence-electron chi connectivity index (χ0n) is 10.7. The van der Waals surface area contributed by atoms with Crippen LogP contribution in [0.25, 0.3) is 11.0 Å². The highest BCUT2D eigenvalue weighted by molar-refractivity contribution is 7.99. The predicted octanol–water partition coefficient (Wildman–Crippen LogP) is 3.43. The van der Waals surface area contributed by atoms with Gasteiger partial charge in [-0.1, -0.05) is 11.8 Å². The number of fused-ring (bicyclic) bond motifs is 1. The minimum atomic E-state index is 0.826. The molecule has 5 heteroatoms. The molecule has 96 valence electrons. The number of aryl methyl sites for hydroxylation is 1. The zero-order chi connectivity index (χ0) is 13.2. The van der Waals surface area contributed by atoms with Crippen molar-refractivity contribution in [3.05, 3.63) is 42.2 Å². The molecule has 0 radical (unpaired) electrons. The number of H-pyrrole nitrogens is 1. The van der Waals surface area contributed by atoms with E-state index in [2.05, 4.69) is 15.0 Å². The van der Waals surface area contributed by atoms with Crippen molar-refractivity contribution in [2.24, 2.45) is 0 Å². The maximum absolute atomic E-state index is 5.20. The van der Waals surface area contributed by atoms with Crippen LogP contribution in [0.3, 0.4) is 0 Å². The molecule has 2 aromatic heterocycles. The van der Waals surface area contributed by atoms with Crippen molar-refractivity contribution < 1.29 is 4.74 Å². The first-order valence-electron chi connectivity index (χ1n) is 5.89. The molecule has 1 N–H and O–H groups in total. The number of imidazole rings is 1. The highest BCUT2D eigenvalue weighted by Crippen LogP contribution is 2.28. The van der Waals surface area contributed by atoms with Gasteiger partial charge in [-0.2, -0.15) is 0 Å². The molecule has 0 aliphatic heterocycles. The Balaban J connectivity index is 1.93. The second-order valence-electron chi connectivity index (χ2n) is 4.16. The third-order valence-electron chi connectivity index (χ3n) is 2.75. The number of pyridine rings is 1. The van der Waals surface area contributed by atoms with Crippen molar-refractivity contribution in [3.63, 3.8) is 0 Å². The highest BCUT2D eigenvalue weighted by Gasteiger charge is 2.06. The summed E-state index contributed by atoms with van der Waals surface area (Å²) in [6.45, 7) is 1.98.